The number of benzene rings is 2. The molecule has 0 atom stereocenters. The van der Waals surface area contributed by atoms with E-state index in [1.807, 2.05) is 29.2 Å². The number of anilines is 1. The molecule has 3 rings (SSSR count). The molecule has 0 aromatic heterocycles. The first-order valence-electron chi connectivity index (χ1n) is 8.98. The minimum absolute atomic E-state index is 0.0496. The molecule has 0 radical (unpaired) electrons. The van der Waals surface area contributed by atoms with Crippen LogP contribution in [0.2, 0.25) is 0 Å². The van der Waals surface area contributed by atoms with E-state index in [-0.39, 0.29) is 11.8 Å². The second-order valence-electron chi connectivity index (χ2n) is 6.48. The maximum atomic E-state index is 12.3. The molecule has 0 unspecified atom stereocenters. The van der Waals surface area contributed by atoms with E-state index in [4.69, 9.17) is 4.74 Å². The molecule has 26 heavy (non-hydrogen) atoms. The summed E-state index contributed by atoms with van der Waals surface area (Å²) < 4.78 is 5.19. The van der Waals surface area contributed by atoms with Crippen LogP contribution in [0, 0.1) is 0 Å². The van der Waals surface area contributed by atoms with Gasteiger partial charge in [-0.25, -0.2) is 0 Å². The van der Waals surface area contributed by atoms with Gasteiger partial charge in [0.2, 0.25) is 5.91 Å². The van der Waals surface area contributed by atoms with Crippen LogP contribution in [0.3, 0.4) is 0 Å². The smallest absolute Gasteiger partial charge is 0.253 e. The van der Waals surface area contributed by atoms with E-state index in [1.54, 1.807) is 31.4 Å². The Hall–Kier alpha value is -2.82. The van der Waals surface area contributed by atoms with Crippen LogP contribution in [0.1, 0.15) is 35.2 Å². The molecule has 0 bridgehead atoms. The van der Waals surface area contributed by atoms with Crippen molar-refractivity contribution in [3.8, 4) is 5.75 Å². The Morgan fingerprint density at radius 2 is 1.81 bits per heavy atom. The Kier molecular flexibility index (Phi) is 5.89. The molecule has 2 amide bonds. The van der Waals surface area contributed by atoms with Gasteiger partial charge in [0.05, 0.1) is 7.11 Å². The Balaban J connectivity index is 1.51. The van der Waals surface area contributed by atoms with Gasteiger partial charge in [0, 0.05) is 30.8 Å². The predicted octanol–water partition coefficient (Wildman–Crippen LogP) is 3.50. The van der Waals surface area contributed by atoms with Gasteiger partial charge in [-0.1, -0.05) is 12.1 Å². The third kappa shape index (κ3) is 4.63. The van der Waals surface area contributed by atoms with Crippen molar-refractivity contribution in [3.63, 3.8) is 0 Å². The number of carbonyl (C=O) groups excluding carboxylic acids is 2. The number of ether oxygens (including phenoxy) is 1. The van der Waals surface area contributed by atoms with Crippen molar-refractivity contribution in [2.75, 3.05) is 25.5 Å². The summed E-state index contributed by atoms with van der Waals surface area (Å²) in [6.45, 7) is 1.67. The molecule has 1 aliphatic rings. The molecule has 0 spiro atoms. The molecule has 1 aliphatic heterocycles. The van der Waals surface area contributed by atoms with Gasteiger partial charge in [0.15, 0.2) is 0 Å². The number of aryl methyl sites for hydroxylation is 1. The third-order valence-electron chi connectivity index (χ3n) is 4.58. The second kappa shape index (κ2) is 8.52. The van der Waals surface area contributed by atoms with Crippen LogP contribution in [0.5, 0.6) is 5.75 Å². The zero-order chi connectivity index (χ0) is 18.4. The van der Waals surface area contributed by atoms with E-state index in [1.165, 1.54) is 0 Å². The molecule has 136 valence electrons. The largest absolute Gasteiger partial charge is 0.497 e. The first-order valence-corrected chi connectivity index (χ1v) is 8.98. The molecule has 5 nitrogen and oxygen atoms in total. The number of hydrogen-bond acceptors (Lipinski definition) is 3. The first-order chi connectivity index (χ1) is 12.7. The van der Waals surface area contributed by atoms with Crippen molar-refractivity contribution in [3.05, 3.63) is 59.7 Å². The predicted molar refractivity (Wildman–Crippen MR) is 102 cm³/mol. The van der Waals surface area contributed by atoms with E-state index < -0.39 is 0 Å². The standard InChI is InChI=1S/C21H24N2O3/c1-26-19-6-4-5-16(15-19)7-12-20(24)22-18-10-8-17(9-11-18)21(25)23-13-2-3-14-23/h4-6,8-11,15H,2-3,7,12-14H2,1H3,(H,22,24). The zero-order valence-corrected chi connectivity index (χ0v) is 15.0. The van der Waals surface area contributed by atoms with Crippen LogP contribution in [0.25, 0.3) is 0 Å². The van der Waals surface area contributed by atoms with Crippen molar-refractivity contribution in [1.82, 2.24) is 4.90 Å². The molecule has 0 aliphatic carbocycles. The van der Waals surface area contributed by atoms with Crippen molar-refractivity contribution in [1.29, 1.82) is 0 Å². The molecule has 1 fully saturated rings. The van der Waals surface area contributed by atoms with E-state index in [2.05, 4.69) is 5.32 Å². The Labute approximate surface area is 154 Å². The van der Waals surface area contributed by atoms with Gasteiger partial charge in [0.25, 0.3) is 5.91 Å². The lowest BCUT2D eigenvalue weighted by Gasteiger charge is -2.15. The Morgan fingerprint density at radius 1 is 1.08 bits per heavy atom. The summed E-state index contributed by atoms with van der Waals surface area (Å²) in [5.41, 5.74) is 2.44. The van der Waals surface area contributed by atoms with Gasteiger partial charge in [-0.05, 0) is 61.2 Å². The van der Waals surface area contributed by atoms with E-state index in [0.29, 0.717) is 24.1 Å². The summed E-state index contributed by atoms with van der Waals surface area (Å²) in [7, 11) is 1.63. The van der Waals surface area contributed by atoms with Gasteiger partial charge in [-0.3, -0.25) is 9.59 Å². The molecule has 5 heteroatoms. The highest BCUT2D eigenvalue weighted by atomic mass is 16.5. The lowest BCUT2D eigenvalue weighted by atomic mass is 10.1. The van der Waals surface area contributed by atoms with E-state index in [9.17, 15) is 9.59 Å². The molecule has 1 N–H and O–H groups in total. The number of methoxy groups -OCH3 is 1. The number of rotatable bonds is 6. The van der Waals surface area contributed by atoms with Gasteiger partial charge in [-0.15, -0.1) is 0 Å². The maximum absolute atomic E-state index is 12.3. The van der Waals surface area contributed by atoms with E-state index >= 15 is 0 Å². The fourth-order valence-corrected chi connectivity index (χ4v) is 3.11. The van der Waals surface area contributed by atoms with Crippen molar-refractivity contribution in [2.45, 2.75) is 25.7 Å². The number of likely N-dealkylation sites (tertiary alicyclic amines) is 1. The number of amides is 2. The maximum Gasteiger partial charge on any atom is 0.253 e. The van der Waals surface area contributed by atoms with Crippen LogP contribution in [0.4, 0.5) is 5.69 Å². The molecule has 2 aromatic rings. The molecule has 0 saturated carbocycles. The highest BCUT2D eigenvalue weighted by Crippen LogP contribution is 2.17. The average Bonchev–Trinajstić information content (AvgIpc) is 3.21. The van der Waals surface area contributed by atoms with Crippen LogP contribution in [0.15, 0.2) is 48.5 Å². The zero-order valence-electron chi connectivity index (χ0n) is 15.0. The fraction of sp³-hybridized carbons (Fsp3) is 0.333. The highest BCUT2D eigenvalue weighted by Gasteiger charge is 2.19. The van der Waals surface area contributed by atoms with Crippen molar-refractivity contribution >= 4 is 17.5 Å². The molecule has 1 saturated heterocycles. The topological polar surface area (TPSA) is 58.6 Å². The summed E-state index contributed by atoms with van der Waals surface area (Å²) in [5, 5.41) is 2.88. The summed E-state index contributed by atoms with van der Waals surface area (Å²) in [6.07, 6.45) is 3.19. The molecular weight excluding hydrogens is 328 g/mol. The second-order valence-corrected chi connectivity index (χ2v) is 6.48. The number of nitrogens with one attached hydrogen (secondary N) is 1. The molecule has 1 heterocycles. The number of nitrogens with zero attached hydrogens (tertiary/aromatic N) is 1. The molecular formula is C21H24N2O3. The van der Waals surface area contributed by atoms with Crippen LogP contribution in [-0.2, 0) is 11.2 Å². The normalized spacial score (nSPS) is 13.5. The fourth-order valence-electron chi connectivity index (χ4n) is 3.11. The van der Waals surface area contributed by atoms with Gasteiger partial charge in [-0.2, -0.15) is 0 Å². The van der Waals surface area contributed by atoms with Crippen molar-refractivity contribution in [2.24, 2.45) is 0 Å². The van der Waals surface area contributed by atoms with Gasteiger partial charge < -0.3 is 15.0 Å². The van der Waals surface area contributed by atoms with Crippen LogP contribution >= 0.6 is 0 Å². The van der Waals surface area contributed by atoms with Gasteiger partial charge >= 0.3 is 0 Å². The summed E-state index contributed by atoms with van der Waals surface area (Å²) in [4.78, 5) is 26.3. The SMILES string of the molecule is COc1cccc(CCC(=O)Nc2ccc(C(=O)N3CCCC3)cc2)c1. The van der Waals surface area contributed by atoms with E-state index in [0.717, 1.165) is 37.2 Å². The highest BCUT2D eigenvalue weighted by molar-refractivity contribution is 5.96. The Morgan fingerprint density at radius 3 is 2.50 bits per heavy atom. The number of carbonyl (C=O) groups is 2. The molecule has 2 aromatic carbocycles. The monoisotopic (exact) mass is 352 g/mol. The Bertz CT molecular complexity index is 765. The summed E-state index contributed by atoms with van der Waals surface area (Å²) >= 11 is 0. The summed E-state index contributed by atoms with van der Waals surface area (Å²) in [6, 6.07) is 14.8. The van der Waals surface area contributed by atoms with Crippen LogP contribution in [-0.4, -0.2) is 36.9 Å². The lowest BCUT2D eigenvalue weighted by molar-refractivity contribution is -0.116. The van der Waals surface area contributed by atoms with Crippen molar-refractivity contribution < 1.29 is 14.3 Å². The first kappa shape index (κ1) is 18.0. The quantitative estimate of drug-likeness (QED) is 0.866. The third-order valence-corrected chi connectivity index (χ3v) is 4.58. The van der Waals surface area contributed by atoms with Crippen LogP contribution < -0.4 is 10.1 Å². The minimum Gasteiger partial charge on any atom is -0.497 e. The number of hydrogen-bond donors (Lipinski definition) is 1. The summed E-state index contributed by atoms with van der Waals surface area (Å²) in [5.74, 6) is 0.811. The minimum atomic E-state index is -0.0496. The lowest BCUT2D eigenvalue weighted by Crippen LogP contribution is -2.27. The average molecular weight is 352 g/mol. The van der Waals surface area contributed by atoms with Gasteiger partial charge in [0.1, 0.15) is 5.75 Å².